The molecule has 0 N–H and O–H groups in total. The zero-order chi connectivity index (χ0) is 9.14. The molecule has 4 nitrogen and oxygen atoms in total. The first-order valence-electron chi connectivity index (χ1n) is 3.57. The van der Waals surface area contributed by atoms with Crippen LogP contribution in [0.1, 0.15) is 19.7 Å². The number of carbonyl (C=O) groups excluding carboxylic acids is 1. The Morgan fingerprint density at radius 1 is 1.58 bits per heavy atom. The van der Waals surface area contributed by atoms with E-state index in [9.17, 15) is 4.79 Å². The van der Waals surface area contributed by atoms with Gasteiger partial charge in [-0.25, -0.2) is 0 Å². The number of hydrogen-bond acceptors (Lipinski definition) is 5. The standard InChI is InChI=1S/C7H10N2O2S/c1-4(10)5(2)12-7-9-8-6(3)11-7/h5H,1-3H3. The third-order valence-electron chi connectivity index (χ3n) is 1.36. The fourth-order valence-corrected chi connectivity index (χ4v) is 1.29. The Bertz CT molecular complexity index is 285. The number of nitrogens with zero attached hydrogens (tertiary/aromatic N) is 2. The van der Waals surface area contributed by atoms with Gasteiger partial charge in [-0.1, -0.05) is 11.8 Å². The van der Waals surface area contributed by atoms with Crippen molar-refractivity contribution in [1.82, 2.24) is 10.2 Å². The summed E-state index contributed by atoms with van der Waals surface area (Å²) in [6.45, 7) is 5.07. The van der Waals surface area contributed by atoms with E-state index in [0.29, 0.717) is 11.1 Å². The minimum absolute atomic E-state index is 0.107. The monoisotopic (exact) mass is 186 g/mol. The Balaban J connectivity index is 2.58. The van der Waals surface area contributed by atoms with E-state index in [2.05, 4.69) is 10.2 Å². The van der Waals surface area contributed by atoms with Crippen molar-refractivity contribution in [3.05, 3.63) is 5.89 Å². The van der Waals surface area contributed by atoms with Crippen LogP contribution in [0.2, 0.25) is 0 Å². The molecule has 1 atom stereocenters. The van der Waals surface area contributed by atoms with Crippen LogP contribution in [-0.2, 0) is 4.79 Å². The molecule has 0 bridgehead atoms. The summed E-state index contributed by atoms with van der Waals surface area (Å²) >= 11 is 1.28. The number of hydrogen-bond donors (Lipinski definition) is 0. The van der Waals surface area contributed by atoms with E-state index in [0.717, 1.165) is 0 Å². The van der Waals surface area contributed by atoms with Gasteiger partial charge < -0.3 is 4.42 Å². The second kappa shape index (κ2) is 3.71. The van der Waals surface area contributed by atoms with Gasteiger partial charge in [0.25, 0.3) is 5.22 Å². The van der Waals surface area contributed by atoms with Crippen molar-refractivity contribution in [2.45, 2.75) is 31.2 Å². The normalized spacial score (nSPS) is 12.9. The SMILES string of the molecule is CC(=O)C(C)Sc1nnc(C)o1. The van der Waals surface area contributed by atoms with Crippen molar-refractivity contribution in [1.29, 1.82) is 0 Å². The van der Waals surface area contributed by atoms with Crippen molar-refractivity contribution in [3.63, 3.8) is 0 Å². The Labute approximate surface area is 74.7 Å². The smallest absolute Gasteiger partial charge is 0.277 e. The lowest BCUT2D eigenvalue weighted by atomic mass is 10.3. The first-order chi connectivity index (χ1) is 5.59. The number of aryl methyl sites for hydroxylation is 1. The quantitative estimate of drug-likeness (QED) is 0.669. The molecule has 0 spiro atoms. The Morgan fingerprint density at radius 2 is 2.25 bits per heavy atom. The summed E-state index contributed by atoms with van der Waals surface area (Å²) in [4.78, 5) is 10.8. The minimum Gasteiger partial charge on any atom is -0.416 e. The zero-order valence-corrected chi connectivity index (χ0v) is 8.01. The van der Waals surface area contributed by atoms with Crippen LogP contribution >= 0.6 is 11.8 Å². The molecule has 1 unspecified atom stereocenters. The van der Waals surface area contributed by atoms with Gasteiger partial charge in [0.2, 0.25) is 5.89 Å². The van der Waals surface area contributed by atoms with Gasteiger partial charge in [0.05, 0.1) is 5.25 Å². The van der Waals surface area contributed by atoms with E-state index in [-0.39, 0.29) is 11.0 Å². The summed E-state index contributed by atoms with van der Waals surface area (Å²) in [7, 11) is 0. The molecular weight excluding hydrogens is 176 g/mol. The topological polar surface area (TPSA) is 56.0 Å². The highest BCUT2D eigenvalue weighted by Gasteiger charge is 2.13. The van der Waals surface area contributed by atoms with E-state index >= 15 is 0 Å². The first kappa shape index (κ1) is 9.25. The summed E-state index contributed by atoms with van der Waals surface area (Å²) in [5.41, 5.74) is 0. The third-order valence-corrected chi connectivity index (χ3v) is 2.41. The maximum absolute atomic E-state index is 10.8. The van der Waals surface area contributed by atoms with Crippen molar-refractivity contribution in [2.75, 3.05) is 0 Å². The predicted molar refractivity (Wildman–Crippen MR) is 45.0 cm³/mol. The molecule has 0 saturated carbocycles. The second-order valence-electron chi connectivity index (χ2n) is 2.46. The highest BCUT2D eigenvalue weighted by Crippen LogP contribution is 2.21. The Morgan fingerprint density at radius 3 is 2.67 bits per heavy atom. The van der Waals surface area contributed by atoms with Gasteiger partial charge in [0, 0.05) is 6.92 Å². The number of Topliss-reactive ketones (excluding diaryl/α,β-unsaturated/α-hetero) is 1. The molecule has 0 aromatic carbocycles. The molecule has 1 heterocycles. The van der Waals surface area contributed by atoms with Crippen LogP contribution in [0.25, 0.3) is 0 Å². The molecular formula is C7H10N2O2S. The highest BCUT2D eigenvalue weighted by molar-refractivity contribution is 8.00. The minimum atomic E-state index is -0.121. The molecule has 1 aromatic heterocycles. The van der Waals surface area contributed by atoms with E-state index in [1.165, 1.54) is 11.8 Å². The molecule has 0 aliphatic rings. The molecule has 12 heavy (non-hydrogen) atoms. The highest BCUT2D eigenvalue weighted by atomic mass is 32.2. The maximum atomic E-state index is 10.8. The third kappa shape index (κ3) is 2.34. The maximum Gasteiger partial charge on any atom is 0.277 e. The van der Waals surface area contributed by atoms with Crippen LogP contribution in [0.3, 0.4) is 0 Å². The van der Waals surface area contributed by atoms with Crippen LogP contribution < -0.4 is 0 Å². The van der Waals surface area contributed by atoms with Crippen LogP contribution in [0.4, 0.5) is 0 Å². The molecule has 0 aliphatic carbocycles. The summed E-state index contributed by atoms with van der Waals surface area (Å²) < 4.78 is 5.09. The molecule has 0 aliphatic heterocycles. The van der Waals surface area contributed by atoms with Gasteiger partial charge in [0.1, 0.15) is 5.78 Å². The van der Waals surface area contributed by atoms with Crippen molar-refractivity contribution in [3.8, 4) is 0 Å². The average Bonchev–Trinajstić information content (AvgIpc) is 2.35. The fraction of sp³-hybridized carbons (Fsp3) is 0.571. The summed E-state index contributed by atoms with van der Waals surface area (Å²) in [5.74, 6) is 0.629. The first-order valence-corrected chi connectivity index (χ1v) is 4.45. The van der Waals surface area contributed by atoms with Crippen LogP contribution in [0, 0.1) is 6.92 Å². The van der Waals surface area contributed by atoms with E-state index in [1.54, 1.807) is 13.8 Å². The number of thioether (sulfide) groups is 1. The lowest BCUT2D eigenvalue weighted by Gasteiger charge is -2.00. The molecule has 0 fully saturated rings. The van der Waals surface area contributed by atoms with Crippen molar-refractivity contribution >= 4 is 17.5 Å². The van der Waals surface area contributed by atoms with Crippen molar-refractivity contribution in [2.24, 2.45) is 0 Å². The number of ketones is 1. The molecule has 0 saturated heterocycles. The molecule has 5 heteroatoms. The number of carbonyl (C=O) groups is 1. The van der Waals surface area contributed by atoms with Crippen LogP contribution in [0.5, 0.6) is 0 Å². The average molecular weight is 186 g/mol. The lowest BCUT2D eigenvalue weighted by Crippen LogP contribution is -2.07. The van der Waals surface area contributed by atoms with Gasteiger partial charge >= 0.3 is 0 Å². The van der Waals surface area contributed by atoms with E-state index in [1.807, 2.05) is 6.92 Å². The second-order valence-corrected chi connectivity index (χ2v) is 3.75. The molecule has 0 radical (unpaired) electrons. The van der Waals surface area contributed by atoms with E-state index < -0.39 is 0 Å². The number of aromatic nitrogens is 2. The zero-order valence-electron chi connectivity index (χ0n) is 7.20. The Hall–Kier alpha value is -0.840. The predicted octanol–water partition coefficient (Wildman–Crippen LogP) is 1.45. The van der Waals surface area contributed by atoms with Gasteiger partial charge in [-0.05, 0) is 13.8 Å². The summed E-state index contributed by atoms with van der Waals surface area (Å²) in [5, 5.41) is 7.75. The summed E-state index contributed by atoms with van der Waals surface area (Å²) in [6.07, 6.45) is 0. The molecule has 1 rings (SSSR count). The van der Waals surface area contributed by atoms with Gasteiger partial charge in [-0.3, -0.25) is 4.79 Å². The van der Waals surface area contributed by atoms with Gasteiger partial charge in [0.15, 0.2) is 0 Å². The summed E-state index contributed by atoms with van der Waals surface area (Å²) in [6, 6.07) is 0. The molecule has 0 amide bonds. The van der Waals surface area contributed by atoms with Gasteiger partial charge in [-0.15, -0.1) is 10.2 Å². The lowest BCUT2D eigenvalue weighted by molar-refractivity contribution is -0.116. The van der Waals surface area contributed by atoms with E-state index in [4.69, 9.17) is 4.42 Å². The van der Waals surface area contributed by atoms with Crippen LogP contribution in [-0.4, -0.2) is 21.2 Å². The number of rotatable bonds is 3. The Kier molecular flexibility index (Phi) is 2.86. The van der Waals surface area contributed by atoms with Crippen LogP contribution in [0.15, 0.2) is 9.64 Å². The fourth-order valence-electron chi connectivity index (χ4n) is 0.560. The van der Waals surface area contributed by atoms with Crippen molar-refractivity contribution < 1.29 is 9.21 Å². The molecule has 66 valence electrons. The molecule has 1 aromatic rings. The largest absolute Gasteiger partial charge is 0.416 e. The van der Waals surface area contributed by atoms with Gasteiger partial charge in [-0.2, -0.15) is 0 Å².